The van der Waals surface area contributed by atoms with E-state index >= 15 is 0 Å². The third-order valence-corrected chi connectivity index (χ3v) is 7.27. The number of anilines is 1. The van der Waals surface area contributed by atoms with Crippen LogP contribution in [0.25, 0.3) is 0 Å². The molecule has 1 saturated heterocycles. The Morgan fingerprint density at radius 1 is 1.03 bits per heavy atom. The highest BCUT2D eigenvalue weighted by atomic mass is 32.1. The van der Waals surface area contributed by atoms with E-state index in [4.69, 9.17) is 4.74 Å². The van der Waals surface area contributed by atoms with Crippen molar-refractivity contribution in [3.63, 3.8) is 0 Å². The number of carbonyl (C=O) groups excluding carboxylic acids is 3. The maximum Gasteiger partial charge on any atom is 0.261 e. The molecule has 1 aromatic heterocycles. The minimum atomic E-state index is -0.917. The highest BCUT2D eigenvalue weighted by molar-refractivity contribution is 7.12. The predicted molar refractivity (Wildman–Crippen MR) is 141 cm³/mol. The zero-order valence-electron chi connectivity index (χ0n) is 20.5. The Bertz CT molecular complexity index is 1190. The molecule has 2 atom stereocenters. The Balaban J connectivity index is 1.67. The summed E-state index contributed by atoms with van der Waals surface area (Å²) in [6.45, 7) is 4.73. The van der Waals surface area contributed by atoms with E-state index in [1.165, 1.54) is 16.2 Å². The fourth-order valence-electron chi connectivity index (χ4n) is 4.32. The van der Waals surface area contributed by atoms with Gasteiger partial charge in [-0.2, -0.15) is 0 Å². The van der Waals surface area contributed by atoms with Crippen molar-refractivity contribution >= 4 is 34.7 Å². The quantitative estimate of drug-likeness (QED) is 0.457. The largest absolute Gasteiger partial charge is 0.376 e. The average molecular weight is 506 g/mol. The van der Waals surface area contributed by atoms with Crippen LogP contribution in [-0.4, -0.2) is 43.5 Å². The lowest BCUT2D eigenvalue weighted by molar-refractivity contribution is -0.126. The first-order valence-electron chi connectivity index (χ1n) is 12.1. The van der Waals surface area contributed by atoms with Crippen molar-refractivity contribution in [1.82, 2.24) is 10.6 Å². The van der Waals surface area contributed by atoms with Crippen LogP contribution in [-0.2, 0) is 14.3 Å². The van der Waals surface area contributed by atoms with Crippen molar-refractivity contribution in [2.75, 3.05) is 24.6 Å². The lowest BCUT2D eigenvalue weighted by Crippen LogP contribution is -2.48. The smallest absolute Gasteiger partial charge is 0.261 e. The van der Waals surface area contributed by atoms with Crippen molar-refractivity contribution in [3.8, 4) is 0 Å². The summed E-state index contributed by atoms with van der Waals surface area (Å²) in [6.07, 6.45) is 1.84. The number of thiophene rings is 1. The monoisotopic (exact) mass is 505 g/mol. The molecule has 7 nitrogen and oxygen atoms in total. The average Bonchev–Trinajstić information content (AvgIpc) is 3.61. The molecule has 0 bridgehead atoms. The van der Waals surface area contributed by atoms with Gasteiger partial charge in [0.1, 0.15) is 6.04 Å². The van der Waals surface area contributed by atoms with Crippen LogP contribution in [0.3, 0.4) is 0 Å². The standard InChI is InChI=1S/C28H31N3O4S/c1-19-9-6-13-23(20(19)2)31(25(32)18-30-27(33)24-14-8-16-36-24)26(21-10-4-3-5-11-21)28(34)29-17-22-12-7-15-35-22/h3-6,8-11,13-14,16,22,26H,7,12,15,17-18H2,1-2H3,(H,29,34)(H,30,33)/t22-,26-/m0/s1. The molecular formula is C28H31N3O4S. The first kappa shape index (κ1) is 25.6. The molecule has 2 heterocycles. The highest BCUT2D eigenvalue weighted by Gasteiger charge is 2.34. The van der Waals surface area contributed by atoms with Crippen molar-refractivity contribution < 1.29 is 19.1 Å². The minimum Gasteiger partial charge on any atom is -0.376 e. The van der Waals surface area contributed by atoms with Crippen LogP contribution in [0.1, 0.15) is 45.2 Å². The van der Waals surface area contributed by atoms with Crippen LogP contribution < -0.4 is 15.5 Å². The van der Waals surface area contributed by atoms with E-state index in [0.717, 1.165) is 24.0 Å². The third-order valence-electron chi connectivity index (χ3n) is 6.40. The van der Waals surface area contributed by atoms with E-state index in [9.17, 15) is 14.4 Å². The summed E-state index contributed by atoms with van der Waals surface area (Å²) in [5.74, 6) is -0.997. The van der Waals surface area contributed by atoms with Gasteiger partial charge in [0.05, 0.1) is 17.5 Å². The topological polar surface area (TPSA) is 87.7 Å². The number of aryl methyl sites for hydroxylation is 1. The molecule has 3 aromatic rings. The molecule has 0 saturated carbocycles. The Morgan fingerprint density at radius 3 is 2.53 bits per heavy atom. The van der Waals surface area contributed by atoms with Crippen LogP contribution in [0.2, 0.25) is 0 Å². The third kappa shape index (κ3) is 6.01. The Kier molecular flexibility index (Phi) is 8.51. The lowest BCUT2D eigenvalue weighted by Gasteiger charge is -2.33. The molecule has 1 fully saturated rings. The van der Waals surface area contributed by atoms with Crippen LogP contribution in [0.5, 0.6) is 0 Å². The number of ether oxygens (including phenoxy) is 1. The van der Waals surface area contributed by atoms with Gasteiger partial charge in [-0.3, -0.25) is 19.3 Å². The normalized spacial score (nSPS) is 15.8. The molecule has 4 rings (SSSR count). The maximum absolute atomic E-state index is 13.8. The summed E-state index contributed by atoms with van der Waals surface area (Å²) in [7, 11) is 0. The zero-order valence-corrected chi connectivity index (χ0v) is 21.3. The molecular weight excluding hydrogens is 474 g/mol. The van der Waals surface area contributed by atoms with Crippen LogP contribution in [0, 0.1) is 13.8 Å². The summed E-state index contributed by atoms with van der Waals surface area (Å²) >= 11 is 1.31. The summed E-state index contributed by atoms with van der Waals surface area (Å²) in [4.78, 5) is 42.0. The molecule has 8 heteroatoms. The molecule has 0 unspecified atom stereocenters. The van der Waals surface area contributed by atoms with Gasteiger partial charge in [0.25, 0.3) is 5.91 Å². The fourth-order valence-corrected chi connectivity index (χ4v) is 4.96. The van der Waals surface area contributed by atoms with Gasteiger partial charge >= 0.3 is 0 Å². The highest BCUT2D eigenvalue weighted by Crippen LogP contribution is 2.32. The van der Waals surface area contributed by atoms with E-state index in [2.05, 4.69) is 10.6 Å². The number of amides is 3. The van der Waals surface area contributed by atoms with Crippen molar-refractivity contribution in [3.05, 3.63) is 87.6 Å². The molecule has 2 N–H and O–H groups in total. The second kappa shape index (κ2) is 12.0. The Morgan fingerprint density at radius 2 is 1.83 bits per heavy atom. The van der Waals surface area contributed by atoms with Gasteiger partial charge in [0.15, 0.2) is 0 Å². The Labute approximate surface area is 215 Å². The fraction of sp³-hybridized carbons (Fsp3) is 0.321. The molecule has 3 amide bonds. The number of rotatable bonds is 9. The molecule has 1 aliphatic rings. The van der Waals surface area contributed by atoms with E-state index in [-0.39, 0.29) is 30.4 Å². The number of benzene rings is 2. The molecule has 0 aliphatic carbocycles. The molecule has 2 aromatic carbocycles. The van der Waals surface area contributed by atoms with Gasteiger partial charge < -0.3 is 15.4 Å². The predicted octanol–water partition coefficient (Wildman–Crippen LogP) is 4.16. The number of hydrogen-bond acceptors (Lipinski definition) is 5. The number of hydrogen-bond donors (Lipinski definition) is 2. The Hall–Kier alpha value is -3.49. The van der Waals surface area contributed by atoms with E-state index in [0.29, 0.717) is 29.3 Å². The van der Waals surface area contributed by atoms with Gasteiger partial charge in [-0.15, -0.1) is 11.3 Å². The zero-order chi connectivity index (χ0) is 25.5. The van der Waals surface area contributed by atoms with E-state index < -0.39 is 6.04 Å². The SMILES string of the molecule is Cc1cccc(N(C(=O)CNC(=O)c2cccs2)[C@H](C(=O)NC[C@@H]2CCCO2)c2ccccc2)c1C. The summed E-state index contributed by atoms with van der Waals surface area (Å²) in [6, 6.07) is 17.5. The van der Waals surface area contributed by atoms with Crippen molar-refractivity contribution in [2.45, 2.75) is 38.8 Å². The maximum atomic E-state index is 13.8. The minimum absolute atomic E-state index is 0.0275. The van der Waals surface area contributed by atoms with Crippen LogP contribution >= 0.6 is 11.3 Å². The van der Waals surface area contributed by atoms with Gasteiger partial charge in [0.2, 0.25) is 11.8 Å². The molecule has 0 radical (unpaired) electrons. The van der Waals surface area contributed by atoms with E-state index in [1.54, 1.807) is 12.1 Å². The first-order chi connectivity index (χ1) is 17.5. The van der Waals surface area contributed by atoms with Crippen molar-refractivity contribution in [1.29, 1.82) is 0 Å². The molecule has 1 aliphatic heterocycles. The molecule has 36 heavy (non-hydrogen) atoms. The number of nitrogens with zero attached hydrogens (tertiary/aromatic N) is 1. The second-order valence-electron chi connectivity index (χ2n) is 8.84. The number of carbonyl (C=O) groups is 3. The lowest BCUT2D eigenvalue weighted by atomic mass is 10.00. The second-order valence-corrected chi connectivity index (χ2v) is 9.78. The first-order valence-corrected chi connectivity index (χ1v) is 13.0. The van der Waals surface area contributed by atoms with Crippen LogP contribution in [0.15, 0.2) is 66.0 Å². The van der Waals surface area contributed by atoms with Crippen molar-refractivity contribution in [2.24, 2.45) is 0 Å². The molecule has 0 spiro atoms. The number of nitrogens with one attached hydrogen (secondary N) is 2. The van der Waals surface area contributed by atoms with Gasteiger partial charge in [-0.1, -0.05) is 48.5 Å². The van der Waals surface area contributed by atoms with E-state index in [1.807, 2.05) is 67.8 Å². The summed E-state index contributed by atoms with van der Waals surface area (Å²) in [5, 5.41) is 7.53. The summed E-state index contributed by atoms with van der Waals surface area (Å²) in [5.41, 5.74) is 3.20. The summed E-state index contributed by atoms with van der Waals surface area (Å²) < 4.78 is 5.67. The van der Waals surface area contributed by atoms with Gasteiger partial charge in [-0.05, 0) is 60.9 Å². The molecule has 188 valence electrons. The van der Waals surface area contributed by atoms with Gasteiger partial charge in [-0.25, -0.2) is 0 Å². The van der Waals surface area contributed by atoms with Gasteiger partial charge in [0, 0.05) is 18.8 Å². The van der Waals surface area contributed by atoms with Crippen LogP contribution in [0.4, 0.5) is 5.69 Å².